The van der Waals surface area contributed by atoms with Crippen molar-refractivity contribution in [3.05, 3.63) is 59.2 Å². The molecule has 1 amide bonds. The summed E-state index contributed by atoms with van der Waals surface area (Å²) >= 11 is 0. The fraction of sp³-hybridized carbons (Fsp3) is 0.458. The lowest BCUT2D eigenvalue weighted by atomic mass is 10.1. The third-order valence-electron chi connectivity index (χ3n) is 5.64. The molecule has 0 aromatic heterocycles. The van der Waals surface area contributed by atoms with Gasteiger partial charge in [0, 0.05) is 39.1 Å². The molecule has 0 radical (unpaired) electrons. The number of carbonyl (C=O) groups excluding carboxylic acids is 1. The first-order valence-corrected chi connectivity index (χ1v) is 10.4. The minimum Gasteiger partial charge on any atom is -0.493 e. The topological polar surface area (TPSA) is 42.0 Å². The van der Waals surface area contributed by atoms with Gasteiger partial charge >= 0.3 is 0 Å². The molecule has 0 unspecified atom stereocenters. The SMILES string of the molecule is CCc1ccc(CCC(=O)N2CCN(Cc3ccc(OC)c(OC)c3)CC2)cc1. The zero-order valence-electron chi connectivity index (χ0n) is 17.8. The molecule has 3 rings (SSSR count). The van der Waals surface area contributed by atoms with E-state index in [1.807, 2.05) is 17.0 Å². The fourth-order valence-electron chi connectivity index (χ4n) is 3.74. The minimum absolute atomic E-state index is 0.260. The molecule has 2 aromatic carbocycles. The first-order chi connectivity index (χ1) is 14.1. The molecule has 0 bridgehead atoms. The first-order valence-electron chi connectivity index (χ1n) is 10.4. The van der Waals surface area contributed by atoms with Crippen molar-refractivity contribution in [3.63, 3.8) is 0 Å². The van der Waals surface area contributed by atoms with E-state index >= 15 is 0 Å². The number of piperazine rings is 1. The van der Waals surface area contributed by atoms with Crippen molar-refractivity contribution in [2.24, 2.45) is 0 Å². The maximum absolute atomic E-state index is 12.6. The van der Waals surface area contributed by atoms with Gasteiger partial charge in [0.2, 0.25) is 5.91 Å². The number of ether oxygens (including phenoxy) is 2. The van der Waals surface area contributed by atoms with Crippen molar-refractivity contribution in [3.8, 4) is 11.5 Å². The van der Waals surface area contributed by atoms with E-state index in [0.717, 1.165) is 57.1 Å². The predicted molar refractivity (Wildman–Crippen MR) is 116 cm³/mol. The van der Waals surface area contributed by atoms with Crippen LogP contribution >= 0.6 is 0 Å². The van der Waals surface area contributed by atoms with Crippen LogP contribution in [0.15, 0.2) is 42.5 Å². The molecule has 1 aliphatic rings. The molecule has 1 fully saturated rings. The van der Waals surface area contributed by atoms with E-state index in [1.165, 1.54) is 16.7 Å². The number of aryl methyl sites for hydroxylation is 2. The molecular weight excluding hydrogens is 364 g/mol. The number of nitrogens with zero attached hydrogens (tertiary/aromatic N) is 2. The Hall–Kier alpha value is -2.53. The van der Waals surface area contributed by atoms with E-state index in [9.17, 15) is 4.79 Å². The van der Waals surface area contributed by atoms with Gasteiger partial charge in [-0.15, -0.1) is 0 Å². The van der Waals surface area contributed by atoms with Gasteiger partial charge in [-0.05, 0) is 41.7 Å². The average Bonchev–Trinajstić information content (AvgIpc) is 2.78. The van der Waals surface area contributed by atoms with Crippen LogP contribution in [0.25, 0.3) is 0 Å². The first kappa shape index (κ1) is 21.2. The van der Waals surface area contributed by atoms with Crippen molar-refractivity contribution < 1.29 is 14.3 Å². The molecule has 1 aliphatic heterocycles. The van der Waals surface area contributed by atoms with Crippen LogP contribution < -0.4 is 9.47 Å². The lowest BCUT2D eigenvalue weighted by Crippen LogP contribution is -2.48. The van der Waals surface area contributed by atoms with Crippen molar-refractivity contribution in [1.82, 2.24) is 9.80 Å². The van der Waals surface area contributed by atoms with Gasteiger partial charge in [-0.1, -0.05) is 37.3 Å². The van der Waals surface area contributed by atoms with Gasteiger partial charge in [0.25, 0.3) is 0 Å². The summed E-state index contributed by atoms with van der Waals surface area (Å²) in [5, 5.41) is 0. The number of carbonyl (C=O) groups is 1. The van der Waals surface area contributed by atoms with Gasteiger partial charge in [-0.2, -0.15) is 0 Å². The minimum atomic E-state index is 0.260. The van der Waals surface area contributed by atoms with Crippen molar-refractivity contribution >= 4 is 5.91 Å². The van der Waals surface area contributed by atoms with Crippen molar-refractivity contribution in [2.45, 2.75) is 32.7 Å². The summed E-state index contributed by atoms with van der Waals surface area (Å²) in [5.74, 6) is 1.76. The molecule has 0 spiro atoms. The van der Waals surface area contributed by atoms with Crippen LogP contribution in [-0.2, 0) is 24.2 Å². The maximum Gasteiger partial charge on any atom is 0.222 e. The van der Waals surface area contributed by atoms with E-state index in [2.05, 4.69) is 42.2 Å². The Bertz CT molecular complexity index is 796. The largest absolute Gasteiger partial charge is 0.493 e. The van der Waals surface area contributed by atoms with Gasteiger partial charge in [-0.3, -0.25) is 9.69 Å². The molecule has 156 valence electrons. The molecule has 1 saturated heterocycles. The highest BCUT2D eigenvalue weighted by molar-refractivity contribution is 5.76. The summed E-state index contributed by atoms with van der Waals surface area (Å²) in [6.45, 7) is 6.38. The molecule has 29 heavy (non-hydrogen) atoms. The van der Waals surface area contributed by atoms with Crippen LogP contribution in [-0.4, -0.2) is 56.1 Å². The predicted octanol–water partition coefficient (Wildman–Crippen LogP) is 3.54. The van der Waals surface area contributed by atoms with E-state index in [0.29, 0.717) is 6.42 Å². The summed E-state index contributed by atoms with van der Waals surface area (Å²) in [4.78, 5) is 17.0. The highest BCUT2D eigenvalue weighted by Gasteiger charge is 2.21. The zero-order valence-corrected chi connectivity index (χ0v) is 17.8. The second-order valence-corrected chi connectivity index (χ2v) is 7.52. The van der Waals surface area contributed by atoms with Crippen LogP contribution in [0.5, 0.6) is 11.5 Å². The van der Waals surface area contributed by atoms with Gasteiger partial charge < -0.3 is 14.4 Å². The fourth-order valence-corrected chi connectivity index (χ4v) is 3.74. The Labute approximate surface area is 174 Å². The Kier molecular flexibility index (Phi) is 7.53. The number of hydrogen-bond donors (Lipinski definition) is 0. The smallest absolute Gasteiger partial charge is 0.222 e. The average molecular weight is 397 g/mol. The molecule has 0 saturated carbocycles. The van der Waals surface area contributed by atoms with E-state index in [4.69, 9.17) is 9.47 Å². The van der Waals surface area contributed by atoms with Crippen LogP contribution in [0.1, 0.15) is 30.0 Å². The van der Waals surface area contributed by atoms with Crippen LogP contribution in [0.4, 0.5) is 0 Å². The molecular formula is C24H32N2O3. The lowest BCUT2D eigenvalue weighted by molar-refractivity contribution is -0.133. The summed E-state index contributed by atoms with van der Waals surface area (Å²) in [6.07, 6.45) is 2.45. The summed E-state index contributed by atoms with van der Waals surface area (Å²) < 4.78 is 10.7. The standard InChI is InChI=1S/C24H32N2O3/c1-4-19-5-7-20(8-6-19)10-12-24(27)26-15-13-25(14-16-26)18-21-9-11-22(28-2)23(17-21)29-3/h5-9,11,17H,4,10,12-16,18H2,1-3H3. The molecule has 0 atom stereocenters. The monoisotopic (exact) mass is 396 g/mol. The number of benzene rings is 2. The summed E-state index contributed by atoms with van der Waals surface area (Å²) in [6, 6.07) is 14.7. The molecule has 5 heteroatoms. The van der Waals surface area contributed by atoms with Crippen LogP contribution in [0.2, 0.25) is 0 Å². The van der Waals surface area contributed by atoms with Crippen molar-refractivity contribution in [2.75, 3.05) is 40.4 Å². The highest BCUT2D eigenvalue weighted by Crippen LogP contribution is 2.28. The van der Waals surface area contributed by atoms with Gasteiger partial charge in [-0.25, -0.2) is 0 Å². The number of rotatable bonds is 8. The normalized spacial score (nSPS) is 14.7. The Morgan fingerprint density at radius 2 is 1.48 bits per heavy atom. The van der Waals surface area contributed by atoms with E-state index in [-0.39, 0.29) is 5.91 Å². The molecule has 0 aliphatic carbocycles. The van der Waals surface area contributed by atoms with Crippen molar-refractivity contribution in [1.29, 1.82) is 0 Å². The second-order valence-electron chi connectivity index (χ2n) is 7.52. The Morgan fingerprint density at radius 1 is 0.862 bits per heavy atom. The van der Waals surface area contributed by atoms with E-state index < -0.39 is 0 Å². The number of methoxy groups -OCH3 is 2. The van der Waals surface area contributed by atoms with Gasteiger partial charge in [0.1, 0.15) is 0 Å². The molecule has 1 heterocycles. The molecule has 0 N–H and O–H groups in total. The summed E-state index contributed by atoms with van der Waals surface area (Å²) in [7, 11) is 3.30. The van der Waals surface area contributed by atoms with Crippen LogP contribution in [0.3, 0.4) is 0 Å². The third-order valence-corrected chi connectivity index (χ3v) is 5.64. The second kappa shape index (κ2) is 10.3. The lowest BCUT2D eigenvalue weighted by Gasteiger charge is -2.35. The number of hydrogen-bond acceptors (Lipinski definition) is 4. The Balaban J connectivity index is 1.45. The molecule has 5 nitrogen and oxygen atoms in total. The molecule has 2 aromatic rings. The number of amides is 1. The highest BCUT2D eigenvalue weighted by atomic mass is 16.5. The van der Waals surface area contributed by atoms with Crippen LogP contribution in [0, 0.1) is 0 Å². The third kappa shape index (κ3) is 5.73. The summed E-state index contributed by atoms with van der Waals surface area (Å²) in [5.41, 5.74) is 3.77. The maximum atomic E-state index is 12.6. The zero-order chi connectivity index (χ0) is 20.6. The van der Waals surface area contributed by atoms with Gasteiger partial charge in [0.15, 0.2) is 11.5 Å². The van der Waals surface area contributed by atoms with E-state index in [1.54, 1.807) is 14.2 Å². The van der Waals surface area contributed by atoms with Gasteiger partial charge in [0.05, 0.1) is 14.2 Å². The quantitative estimate of drug-likeness (QED) is 0.684. The Morgan fingerprint density at radius 3 is 2.10 bits per heavy atom.